The molecule has 0 aliphatic heterocycles. The van der Waals surface area contributed by atoms with Crippen molar-refractivity contribution in [3.8, 4) is 0 Å². The minimum absolute atomic E-state index is 0.00724. The van der Waals surface area contributed by atoms with Crippen molar-refractivity contribution in [2.45, 2.75) is 116 Å². The molecular formula is C35H58O3Si. The summed E-state index contributed by atoms with van der Waals surface area (Å²) in [4.78, 5) is 0. The summed E-state index contributed by atoms with van der Waals surface area (Å²) in [6, 6.07) is 21.6. The Morgan fingerprint density at radius 2 is 0.872 bits per heavy atom. The Morgan fingerprint density at radius 1 is 0.487 bits per heavy atom. The molecule has 0 spiro atoms. The molecule has 3 nitrogen and oxygen atoms in total. The molecule has 0 atom stereocenters. The maximum Gasteiger partial charge on any atom is 0.261 e. The van der Waals surface area contributed by atoms with Gasteiger partial charge >= 0.3 is 0 Å². The van der Waals surface area contributed by atoms with Crippen molar-refractivity contribution in [1.82, 2.24) is 0 Å². The first-order valence-electron chi connectivity index (χ1n) is 15.9. The molecule has 220 valence electrons. The quantitative estimate of drug-likeness (QED) is 0.102. The van der Waals surface area contributed by atoms with E-state index in [9.17, 15) is 0 Å². The number of benzene rings is 2. The van der Waals surface area contributed by atoms with E-state index < -0.39 is 8.32 Å². The van der Waals surface area contributed by atoms with Crippen LogP contribution in [0.15, 0.2) is 60.7 Å². The van der Waals surface area contributed by atoms with Crippen LogP contribution < -0.4 is 10.4 Å². The number of hydrogen-bond acceptors (Lipinski definition) is 3. The van der Waals surface area contributed by atoms with E-state index in [4.69, 9.17) is 13.9 Å². The lowest BCUT2D eigenvalue weighted by atomic mass is 10.0. The summed E-state index contributed by atoms with van der Waals surface area (Å²) in [6.07, 6.45) is 17.9. The molecular weight excluding hydrogens is 496 g/mol. The molecule has 0 saturated heterocycles. The largest absolute Gasteiger partial charge is 0.405 e. The first kappa shape index (κ1) is 33.7. The van der Waals surface area contributed by atoms with Gasteiger partial charge in [0.2, 0.25) is 0 Å². The van der Waals surface area contributed by atoms with Gasteiger partial charge in [-0.25, -0.2) is 0 Å². The van der Waals surface area contributed by atoms with Crippen molar-refractivity contribution in [2.75, 3.05) is 33.0 Å². The zero-order chi connectivity index (χ0) is 28.1. The molecule has 2 rings (SSSR count). The highest BCUT2D eigenvalue weighted by Crippen LogP contribution is 2.36. The Balaban J connectivity index is 1.55. The van der Waals surface area contributed by atoms with Gasteiger partial charge in [0.25, 0.3) is 8.32 Å². The van der Waals surface area contributed by atoms with Crippen molar-refractivity contribution in [3.05, 3.63) is 60.7 Å². The van der Waals surface area contributed by atoms with E-state index in [0.29, 0.717) is 26.4 Å². The summed E-state index contributed by atoms with van der Waals surface area (Å²) in [5.74, 6) is 0. The lowest BCUT2D eigenvalue weighted by Gasteiger charge is -2.43. The minimum Gasteiger partial charge on any atom is -0.405 e. The number of hydrogen-bond donors (Lipinski definition) is 0. The maximum atomic E-state index is 6.87. The Kier molecular flexibility index (Phi) is 17.7. The van der Waals surface area contributed by atoms with Crippen molar-refractivity contribution < 1.29 is 13.9 Å². The Labute approximate surface area is 242 Å². The zero-order valence-electron chi connectivity index (χ0n) is 25.7. The second-order valence-corrected chi connectivity index (χ2v) is 16.3. The summed E-state index contributed by atoms with van der Waals surface area (Å²) in [5.41, 5.74) is 0. The van der Waals surface area contributed by atoms with Crippen molar-refractivity contribution in [3.63, 3.8) is 0 Å². The van der Waals surface area contributed by atoms with Gasteiger partial charge in [0.15, 0.2) is 0 Å². The number of ether oxygens (including phenoxy) is 2. The highest BCUT2D eigenvalue weighted by molar-refractivity contribution is 6.99. The highest BCUT2D eigenvalue weighted by atomic mass is 28.4. The van der Waals surface area contributed by atoms with Crippen LogP contribution in [-0.2, 0) is 13.9 Å². The second-order valence-electron chi connectivity index (χ2n) is 12.0. The summed E-state index contributed by atoms with van der Waals surface area (Å²) in [6.45, 7) is 12.5. The van der Waals surface area contributed by atoms with Crippen molar-refractivity contribution in [1.29, 1.82) is 0 Å². The van der Waals surface area contributed by atoms with Crippen LogP contribution in [0, 0.1) is 0 Å². The smallest absolute Gasteiger partial charge is 0.261 e. The van der Waals surface area contributed by atoms with Gasteiger partial charge in [-0.3, -0.25) is 0 Å². The molecule has 2 aromatic rings. The lowest BCUT2D eigenvalue weighted by Crippen LogP contribution is -2.66. The fourth-order valence-electron chi connectivity index (χ4n) is 5.56. The number of unbranched alkanes of at least 4 members (excludes halogenated alkanes) is 12. The molecule has 0 saturated carbocycles. The molecule has 0 heterocycles. The lowest BCUT2D eigenvalue weighted by molar-refractivity contribution is 0.0340. The predicted octanol–water partition coefficient (Wildman–Crippen LogP) is 8.69. The highest BCUT2D eigenvalue weighted by Gasteiger charge is 2.49. The summed E-state index contributed by atoms with van der Waals surface area (Å²) < 4.78 is 18.6. The van der Waals surface area contributed by atoms with Crippen LogP contribution in [0.25, 0.3) is 0 Å². The maximum absolute atomic E-state index is 6.87. The van der Waals surface area contributed by atoms with Crippen LogP contribution >= 0.6 is 0 Å². The van der Waals surface area contributed by atoms with E-state index in [0.717, 1.165) is 13.0 Å². The monoisotopic (exact) mass is 554 g/mol. The number of rotatable bonds is 23. The first-order chi connectivity index (χ1) is 19.0. The summed E-state index contributed by atoms with van der Waals surface area (Å²) >= 11 is 0. The molecule has 0 aliphatic carbocycles. The second kappa shape index (κ2) is 20.4. The molecule has 0 fully saturated rings. The average Bonchev–Trinajstić information content (AvgIpc) is 2.94. The molecule has 0 amide bonds. The molecule has 0 radical (unpaired) electrons. The molecule has 4 heteroatoms. The van der Waals surface area contributed by atoms with Crippen molar-refractivity contribution in [2.24, 2.45) is 0 Å². The van der Waals surface area contributed by atoms with Gasteiger partial charge in [-0.2, -0.15) is 0 Å². The molecule has 0 aromatic heterocycles. The van der Waals surface area contributed by atoms with Gasteiger partial charge in [0.1, 0.15) is 0 Å². The standard InChI is InChI=1S/C35H58O3Si/c1-5-6-7-8-9-10-11-12-13-14-15-16-23-28-36-29-30-37-31-32-38-39(35(2,3)4,33-24-19-17-20-25-33)34-26-21-18-22-27-34/h17-22,24-27H,5-16,23,28-32H2,1-4H3. The van der Waals surface area contributed by atoms with E-state index in [-0.39, 0.29) is 5.04 Å². The minimum atomic E-state index is -2.47. The van der Waals surface area contributed by atoms with Gasteiger partial charge < -0.3 is 13.9 Å². The van der Waals surface area contributed by atoms with Gasteiger partial charge in [0.05, 0.1) is 26.4 Å². The van der Waals surface area contributed by atoms with Crippen LogP contribution in [0.5, 0.6) is 0 Å². The molecule has 0 unspecified atom stereocenters. The van der Waals surface area contributed by atoms with Crippen LogP contribution in [0.2, 0.25) is 5.04 Å². The predicted molar refractivity (Wildman–Crippen MR) is 171 cm³/mol. The summed E-state index contributed by atoms with van der Waals surface area (Å²) in [7, 11) is -2.47. The topological polar surface area (TPSA) is 27.7 Å². The third-order valence-electron chi connectivity index (χ3n) is 7.73. The van der Waals surface area contributed by atoms with E-state index >= 15 is 0 Å². The van der Waals surface area contributed by atoms with Crippen LogP contribution in [0.4, 0.5) is 0 Å². The van der Waals surface area contributed by atoms with E-state index in [1.807, 2.05) is 0 Å². The third-order valence-corrected chi connectivity index (χ3v) is 12.8. The fourth-order valence-corrected chi connectivity index (χ4v) is 10.1. The molecule has 0 bridgehead atoms. The van der Waals surface area contributed by atoms with Crippen LogP contribution in [0.3, 0.4) is 0 Å². The Hall–Kier alpha value is -1.46. The van der Waals surface area contributed by atoms with Crippen LogP contribution in [-0.4, -0.2) is 41.4 Å². The molecule has 2 aromatic carbocycles. The zero-order valence-corrected chi connectivity index (χ0v) is 26.7. The molecule has 0 N–H and O–H groups in total. The Bertz CT molecular complexity index is 779. The summed E-state index contributed by atoms with van der Waals surface area (Å²) in [5, 5.41) is 2.61. The van der Waals surface area contributed by atoms with E-state index in [2.05, 4.69) is 88.4 Å². The van der Waals surface area contributed by atoms with Crippen molar-refractivity contribution >= 4 is 18.7 Å². The van der Waals surface area contributed by atoms with E-state index in [1.165, 1.54) is 87.4 Å². The van der Waals surface area contributed by atoms with Gasteiger partial charge in [-0.1, -0.05) is 165 Å². The van der Waals surface area contributed by atoms with Gasteiger partial charge in [0, 0.05) is 6.61 Å². The fraction of sp³-hybridized carbons (Fsp3) is 0.657. The van der Waals surface area contributed by atoms with Gasteiger partial charge in [-0.15, -0.1) is 0 Å². The normalized spacial score (nSPS) is 12.2. The SMILES string of the molecule is CCCCCCCCCCCCCCCOCCOCCO[Si](c1ccccc1)(c1ccccc1)C(C)(C)C. The molecule has 39 heavy (non-hydrogen) atoms. The molecule has 0 aliphatic rings. The van der Waals surface area contributed by atoms with E-state index in [1.54, 1.807) is 0 Å². The van der Waals surface area contributed by atoms with Crippen LogP contribution in [0.1, 0.15) is 111 Å². The third kappa shape index (κ3) is 12.7. The Morgan fingerprint density at radius 3 is 1.31 bits per heavy atom. The van der Waals surface area contributed by atoms with Gasteiger partial charge in [-0.05, 0) is 21.8 Å². The average molecular weight is 555 g/mol. The first-order valence-corrected chi connectivity index (χ1v) is 17.8.